The zero-order chi connectivity index (χ0) is 16.0. The average molecular weight is 314 g/mol. The highest BCUT2D eigenvalue weighted by atomic mass is 16.5. The fraction of sp³-hybridized carbons (Fsp3) is 0.556. The van der Waals surface area contributed by atoms with Crippen LogP contribution in [0.5, 0.6) is 0 Å². The van der Waals surface area contributed by atoms with Gasteiger partial charge in [0.1, 0.15) is 0 Å². The second-order valence-electron chi connectivity index (χ2n) is 6.87. The molecule has 1 unspecified atom stereocenters. The summed E-state index contributed by atoms with van der Waals surface area (Å²) in [6.45, 7) is 4.30. The van der Waals surface area contributed by atoms with Crippen LogP contribution in [-0.2, 0) is 14.3 Å². The highest BCUT2D eigenvalue weighted by Crippen LogP contribution is 2.49. The van der Waals surface area contributed by atoms with Gasteiger partial charge in [0, 0.05) is 38.5 Å². The summed E-state index contributed by atoms with van der Waals surface area (Å²) >= 11 is 0. The lowest BCUT2D eigenvalue weighted by molar-refractivity contribution is -0.128. The van der Waals surface area contributed by atoms with Crippen LogP contribution in [0.25, 0.3) is 0 Å². The summed E-state index contributed by atoms with van der Waals surface area (Å²) in [7, 11) is 0. The van der Waals surface area contributed by atoms with Gasteiger partial charge in [-0.15, -0.1) is 0 Å². The minimum atomic E-state index is -0.0356. The summed E-state index contributed by atoms with van der Waals surface area (Å²) in [4.78, 5) is 26.2. The van der Waals surface area contributed by atoms with Crippen LogP contribution < -0.4 is 5.32 Å². The molecule has 5 nitrogen and oxygen atoms in total. The quantitative estimate of drug-likeness (QED) is 0.899. The molecule has 2 amide bonds. The van der Waals surface area contributed by atoms with Gasteiger partial charge in [-0.1, -0.05) is 24.3 Å². The van der Waals surface area contributed by atoms with Crippen LogP contribution >= 0.6 is 0 Å². The summed E-state index contributed by atoms with van der Waals surface area (Å²) in [6.07, 6.45) is 0.799. The first-order valence-electron chi connectivity index (χ1n) is 8.37. The van der Waals surface area contributed by atoms with Gasteiger partial charge in [-0.3, -0.25) is 9.59 Å². The van der Waals surface area contributed by atoms with E-state index in [0.29, 0.717) is 19.1 Å². The van der Waals surface area contributed by atoms with Gasteiger partial charge < -0.3 is 15.0 Å². The largest absolute Gasteiger partial charge is 0.381 e. The SMILES string of the molecule is CC(=O)N1C[C@H]2[C@@H](C1)c1ccccc1[C@@H]2NC(=O)C1CCOC1. The molecule has 0 aromatic heterocycles. The van der Waals surface area contributed by atoms with E-state index >= 15 is 0 Å². The lowest BCUT2D eigenvalue weighted by Gasteiger charge is -2.23. The van der Waals surface area contributed by atoms with Gasteiger partial charge in [0.2, 0.25) is 11.8 Å². The van der Waals surface area contributed by atoms with Crippen LogP contribution in [0, 0.1) is 11.8 Å². The monoisotopic (exact) mass is 314 g/mol. The Hall–Kier alpha value is -1.88. The van der Waals surface area contributed by atoms with E-state index in [2.05, 4.69) is 17.4 Å². The van der Waals surface area contributed by atoms with Crippen molar-refractivity contribution < 1.29 is 14.3 Å². The van der Waals surface area contributed by atoms with Crippen LogP contribution in [0.3, 0.4) is 0 Å². The van der Waals surface area contributed by atoms with Crippen LogP contribution in [-0.4, -0.2) is 43.0 Å². The Morgan fingerprint density at radius 3 is 2.70 bits per heavy atom. The molecule has 0 saturated carbocycles. The number of amides is 2. The third-order valence-corrected chi connectivity index (χ3v) is 5.57. The van der Waals surface area contributed by atoms with Crippen molar-refractivity contribution in [2.24, 2.45) is 11.8 Å². The molecule has 23 heavy (non-hydrogen) atoms. The molecule has 1 aliphatic carbocycles. The van der Waals surface area contributed by atoms with Crippen molar-refractivity contribution in [1.82, 2.24) is 10.2 Å². The summed E-state index contributed by atoms with van der Waals surface area (Å²) in [5.74, 6) is 0.782. The number of ether oxygens (including phenoxy) is 1. The second-order valence-corrected chi connectivity index (χ2v) is 6.87. The average Bonchev–Trinajstić information content (AvgIpc) is 3.24. The topological polar surface area (TPSA) is 58.6 Å². The fourth-order valence-corrected chi connectivity index (χ4v) is 4.31. The van der Waals surface area contributed by atoms with Crippen molar-refractivity contribution >= 4 is 11.8 Å². The van der Waals surface area contributed by atoms with E-state index in [4.69, 9.17) is 4.74 Å². The molecule has 5 heteroatoms. The number of hydrogen-bond donors (Lipinski definition) is 1. The number of hydrogen-bond acceptors (Lipinski definition) is 3. The molecule has 122 valence electrons. The molecule has 2 saturated heterocycles. The number of nitrogens with one attached hydrogen (secondary N) is 1. The molecule has 2 fully saturated rings. The van der Waals surface area contributed by atoms with Crippen LogP contribution in [0.2, 0.25) is 0 Å². The van der Waals surface area contributed by atoms with Gasteiger partial charge in [0.15, 0.2) is 0 Å². The zero-order valence-corrected chi connectivity index (χ0v) is 13.3. The third-order valence-electron chi connectivity index (χ3n) is 5.57. The Morgan fingerprint density at radius 1 is 1.22 bits per heavy atom. The molecular weight excluding hydrogens is 292 g/mol. The Morgan fingerprint density at radius 2 is 2.00 bits per heavy atom. The Balaban J connectivity index is 1.59. The Bertz CT molecular complexity index is 639. The first-order valence-corrected chi connectivity index (χ1v) is 8.37. The lowest BCUT2D eigenvalue weighted by Crippen LogP contribution is -2.38. The van der Waals surface area contributed by atoms with E-state index in [-0.39, 0.29) is 29.7 Å². The molecule has 1 N–H and O–H groups in total. The highest BCUT2D eigenvalue weighted by Gasteiger charge is 2.47. The van der Waals surface area contributed by atoms with Gasteiger partial charge >= 0.3 is 0 Å². The maximum atomic E-state index is 12.5. The van der Waals surface area contributed by atoms with E-state index < -0.39 is 0 Å². The number of carbonyl (C=O) groups excluding carboxylic acids is 2. The van der Waals surface area contributed by atoms with Crippen molar-refractivity contribution in [3.05, 3.63) is 35.4 Å². The molecule has 0 bridgehead atoms. The summed E-state index contributed by atoms with van der Waals surface area (Å²) in [5.41, 5.74) is 2.51. The molecule has 0 radical (unpaired) electrons. The van der Waals surface area contributed by atoms with Crippen LogP contribution in [0.1, 0.15) is 36.4 Å². The molecule has 4 atom stereocenters. The first kappa shape index (κ1) is 14.7. The van der Waals surface area contributed by atoms with Gasteiger partial charge in [0.25, 0.3) is 0 Å². The molecule has 1 aromatic carbocycles. The zero-order valence-electron chi connectivity index (χ0n) is 13.3. The number of fused-ring (bicyclic) bond motifs is 3. The fourth-order valence-electron chi connectivity index (χ4n) is 4.31. The number of benzene rings is 1. The summed E-state index contributed by atoms with van der Waals surface area (Å²) in [5, 5.41) is 3.25. The maximum absolute atomic E-state index is 12.5. The standard InChI is InChI=1S/C18H22N2O3/c1-11(21)20-8-15-13-4-2-3-5-14(13)17(16(15)9-20)19-18(22)12-6-7-23-10-12/h2-5,12,15-17H,6-10H2,1H3,(H,19,22)/t12?,15-,16-,17-/m0/s1. The van der Waals surface area contributed by atoms with Crippen LogP contribution in [0.4, 0.5) is 0 Å². The van der Waals surface area contributed by atoms with Crippen molar-refractivity contribution in [1.29, 1.82) is 0 Å². The summed E-state index contributed by atoms with van der Waals surface area (Å²) in [6, 6.07) is 8.33. The van der Waals surface area contributed by atoms with E-state index in [0.717, 1.165) is 19.5 Å². The highest BCUT2D eigenvalue weighted by molar-refractivity contribution is 5.80. The number of nitrogens with zero attached hydrogens (tertiary/aromatic N) is 1. The van der Waals surface area contributed by atoms with E-state index in [1.54, 1.807) is 6.92 Å². The van der Waals surface area contributed by atoms with E-state index in [1.807, 2.05) is 17.0 Å². The number of likely N-dealkylation sites (tertiary alicyclic amines) is 1. The minimum absolute atomic E-state index is 0.00801. The van der Waals surface area contributed by atoms with Crippen molar-refractivity contribution in [2.45, 2.75) is 25.3 Å². The molecule has 4 rings (SSSR count). The molecule has 0 spiro atoms. The first-order chi connectivity index (χ1) is 11.1. The molecule has 1 aromatic rings. The van der Waals surface area contributed by atoms with E-state index in [9.17, 15) is 9.59 Å². The van der Waals surface area contributed by atoms with Crippen LogP contribution in [0.15, 0.2) is 24.3 Å². The van der Waals surface area contributed by atoms with Crippen molar-refractivity contribution in [2.75, 3.05) is 26.3 Å². The Kier molecular flexibility index (Phi) is 3.60. The molecule has 2 aliphatic heterocycles. The van der Waals surface area contributed by atoms with Gasteiger partial charge in [-0.25, -0.2) is 0 Å². The summed E-state index contributed by atoms with van der Waals surface area (Å²) < 4.78 is 5.33. The molecule has 2 heterocycles. The van der Waals surface area contributed by atoms with Crippen molar-refractivity contribution in [3.63, 3.8) is 0 Å². The van der Waals surface area contributed by atoms with Crippen molar-refractivity contribution in [3.8, 4) is 0 Å². The number of carbonyl (C=O) groups is 2. The predicted octanol–water partition coefficient (Wildman–Crippen LogP) is 1.46. The smallest absolute Gasteiger partial charge is 0.226 e. The normalized spacial score (nSPS) is 31.8. The predicted molar refractivity (Wildman–Crippen MR) is 84.7 cm³/mol. The third kappa shape index (κ3) is 2.43. The minimum Gasteiger partial charge on any atom is -0.381 e. The van der Waals surface area contributed by atoms with Gasteiger partial charge in [0.05, 0.1) is 18.6 Å². The van der Waals surface area contributed by atoms with E-state index in [1.165, 1.54) is 11.1 Å². The lowest BCUT2D eigenvalue weighted by atomic mass is 9.94. The Labute approximate surface area is 136 Å². The van der Waals surface area contributed by atoms with Gasteiger partial charge in [-0.2, -0.15) is 0 Å². The molecule has 3 aliphatic rings. The second kappa shape index (κ2) is 5.64. The number of rotatable bonds is 2. The molecular formula is C18H22N2O3. The maximum Gasteiger partial charge on any atom is 0.226 e. The van der Waals surface area contributed by atoms with Gasteiger partial charge in [-0.05, 0) is 17.5 Å².